The van der Waals surface area contributed by atoms with Gasteiger partial charge in [-0.05, 0) is 31.9 Å². The molecule has 0 aliphatic heterocycles. The fourth-order valence-corrected chi connectivity index (χ4v) is 2.48. The summed E-state index contributed by atoms with van der Waals surface area (Å²) in [5.41, 5.74) is 0. The smallest absolute Gasteiger partial charge is 0.260 e. The molecule has 1 saturated carbocycles. The number of carbonyl (C=O) groups excluding carboxylic acids is 1. The van der Waals surface area contributed by atoms with Gasteiger partial charge >= 0.3 is 0 Å². The van der Waals surface area contributed by atoms with Gasteiger partial charge < -0.3 is 10.1 Å². The van der Waals surface area contributed by atoms with Crippen LogP contribution in [0.1, 0.15) is 32.6 Å². The largest absolute Gasteiger partial charge is 0.481 e. The van der Waals surface area contributed by atoms with Crippen LogP contribution in [0.2, 0.25) is 10.0 Å². The first-order valence-electron chi connectivity index (χ1n) is 6.48. The van der Waals surface area contributed by atoms with Gasteiger partial charge in [-0.25, -0.2) is 0 Å². The highest BCUT2D eigenvalue weighted by atomic mass is 35.5. The van der Waals surface area contributed by atoms with E-state index in [1.807, 2.05) is 0 Å². The topological polar surface area (TPSA) is 38.3 Å². The molecule has 19 heavy (non-hydrogen) atoms. The van der Waals surface area contributed by atoms with Crippen LogP contribution in [0.3, 0.4) is 0 Å². The zero-order valence-corrected chi connectivity index (χ0v) is 12.3. The molecule has 1 aliphatic carbocycles. The maximum Gasteiger partial charge on any atom is 0.260 e. The predicted octanol–water partition coefficient (Wildman–Crippen LogP) is 3.82. The monoisotopic (exact) mass is 301 g/mol. The summed E-state index contributed by atoms with van der Waals surface area (Å²) < 4.78 is 5.57. The van der Waals surface area contributed by atoms with Gasteiger partial charge in [0.1, 0.15) is 5.75 Å². The molecule has 3 nitrogen and oxygen atoms in total. The molecule has 1 aromatic carbocycles. The van der Waals surface area contributed by atoms with Crippen molar-refractivity contribution in [2.45, 2.75) is 44.8 Å². The molecule has 0 spiro atoms. The first kappa shape index (κ1) is 14.5. The molecule has 1 amide bonds. The molecule has 1 N–H and O–H groups in total. The summed E-state index contributed by atoms with van der Waals surface area (Å²) in [5.74, 6) is 0.460. The summed E-state index contributed by atoms with van der Waals surface area (Å²) in [6.07, 6.45) is 3.95. The Hall–Kier alpha value is -0.930. The van der Waals surface area contributed by atoms with Crippen molar-refractivity contribution in [3.63, 3.8) is 0 Å². The van der Waals surface area contributed by atoms with Crippen molar-refractivity contribution in [3.05, 3.63) is 28.2 Å². The van der Waals surface area contributed by atoms with E-state index in [-0.39, 0.29) is 5.91 Å². The van der Waals surface area contributed by atoms with E-state index in [4.69, 9.17) is 27.9 Å². The predicted molar refractivity (Wildman–Crippen MR) is 77.0 cm³/mol. The second kappa shape index (κ2) is 6.49. The van der Waals surface area contributed by atoms with Crippen LogP contribution in [0.15, 0.2) is 18.2 Å². The number of benzene rings is 1. The molecular weight excluding hydrogens is 285 g/mol. The number of halogens is 2. The van der Waals surface area contributed by atoms with Crippen molar-refractivity contribution in [1.29, 1.82) is 0 Å². The lowest BCUT2D eigenvalue weighted by Crippen LogP contribution is -2.41. The van der Waals surface area contributed by atoms with Gasteiger partial charge in [0.15, 0.2) is 6.10 Å². The molecule has 1 atom stereocenters. The highest BCUT2D eigenvalue weighted by molar-refractivity contribution is 6.42. The molecule has 0 radical (unpaired) electrons. The van der Waals surface area contributed by atoms with Gasteiger partial charge in [0.05, 0.1) is 10.0 Å². The Morgan fingerprint density at radius 1 is 1.32 bits per heavy atom. The van der Waals surface area contributed by atoms with Crippen molar-refractivity contribution >= 4 is 29.1 Å². The van der Waals surface area contributed by atoms with Gasteiger partial charge in [0.2, 0.25) is 0 Å². The van der Waals surface area contributed by atoms with E-state index < -0.39 is 6.10 Å². The van der Waals surface area contributed by atoms with Gasteiger partial charge in [-0.2, -0.15) is 0 Å². The first-order chi connectivity index (χ1) is 9.06. The van der Waals surface area contributed by atoms with Crippen LogP contribution in [0.25, 0.3) is 0 Å². The number of hydrogen-bond donors (Lipinski definition) is 1. The van der Waals surface area contributed by atoms with Crippen molar-refractivity contribution in [3.8, 4) is 5.75 Å². The molecule has 0 bridgehead atoms. The van der Waals surface area contributed by atoms with Crippen molar-refractivity contribution in [2.75, 3.05) is 0 Å². The third-order valence-corrected chi connectivity index (χ3v) is 4.01. The van der Waals surface area contributed by atoms with Gasteiger partial charge in [-0.1, -0.05) is 36.0 Å². The minimum Gasteiger partial charge on any atom is -0.481 e. The lowest BCUT2D eigenvalue weighted by molar-refractivity contribution is -0.127. The Bertz CT molecular complexity index is 459. The Morgan fingerprint density at radius 2 is 2.00 bits per heavy atom. The standard InChI is InChI=1S/C14H17Cl2NO2/c1-9(14(18)17-10-4-2-3-5-10)19-11-6-7-12(15)13(16)8-11/h6-10H,2-5H2,1H3,(H,17,18)/t9-/m1/s1. The maximum absolute atomic E-state index is 12.0. The normalized spacial score (nSPS) is 17.2. The molecule has 5 heteroatoms. The van der Waals surface area contributed by atoms with Crippen LogP contribution in [-0.2, 0) is 4.79 Å². The molecule has 1 fully saturated rings. The SMILES string of the molecule is C[C@@H](Oc1ccc(Cl)c(Cl)c1)C(=O)NC1CCCC1. The van der Waals surface area contributed by atoms with E-state index in [1.165, 1.54) is 12.8 Å². The molecule has 1 aliphatic rings. The Balaban J connectivity index is 1.90. The number of rotatable bonds is 4. The molecule has 0 heterocycles. The highest BCUT2D eigenvalue weighted by Gasteiger charge is 2.21. The fraction of sp³-hybridized carbons (Fsp3) is 0.500. The number of carbonyl (C=O) groups is 1. The summed E-state index contributed by atoms with van der Waals surface area (Å²) >= 11 is 11.7. The molecule has 0 aromatic heterocycles. The van der Waals surface area contributed by atoms with Crippen molar-refractivity contribution < 1.29 is 9.53 Å². The molecule has 0 unspecified atom stereocenters. The van der Waals surface area contributed by atoms with Gasteiger partial charge in [-0.15, -0.1) is 0 Å². The number of nitrogens with one attached hydrogen (secondary N) is 1. The fourth-order valence-electron chi connectivity index (χ4n) is 2.20. The summed E-state index contributed by atoms with van der Waals surface area (Å²) in [6, 6.07) is 5.27. The van der Waals surface area contributed by atoms with E-state index >= 15 is 0 Å². The molecule has 0 saturated heterocycles. The van der Waals surface area contributed by atoms with E-state index in [1.54, 1.807) is 25.1 Å². The van der Waals surface area contributed by atoms with Crippen molar-refractivity contribution in [1.82, 2.24) is 5.32 Å². The average Bonchev–Trinajstić information content (AvgIpc) is 2.86. The Morgan fingerprint density at radius 3 is 2.63 bits per heavy atom. The van der Waals surface area contributed by atoms with Crippen molar-refractivity contribution in [2.24, 2.45) is 0 Å². The van der Waals surface area contributed by atoms with E-state index in [9.17, 15) is 4.79 Å². The summed E-state index contributed by atoms with van der Waals surface area (Å²) in [4.78, 5) is 12.0. The maximum atomic E-state index is 12.0. The summed E-state index contributed by atoms with van der Waals surface area (Å²) in [5, 5.41) is 3.89. The Labute approximate surface area is 123 Å². The zero-order chi connectivity index (χ0) is 13.8. The molecule has 1 aromatic rings. The quantitative estimate of drug-likeness (QED) is 0.918. The van der Waals surface area contributed by atoms with Gasteiger partial charge in [0, 0.05) is 12.1 Å². The zero-order valence-electron chi connectivity index (χ0n) is 10.8. The summed E-state index contributed by atoms with van der Waals surface area (Å²) in [7, 11) is 0. The molecular formula is C14H17Cl2NO2. The van der Waals surface area contributed by atoms with Crippen LogP contribution >= 0.6 is 23.2 Å². The number of ether oxygens (including phenoxy) is 1. The van der Waals surface area contributed by atoms with Crippen LogP contribution in [0.5, 0.6) is 5.75 Å². The third kappa shape index (κ3) is 4.02. The minimum absolute atomic E-state index is 0.0852. The van der Waals surface area contributed by atoms with E-state index in [2.05, 4.69) is 5.32 Å². The van der Waals surface area contributed by atoms with E-state index in [0.717, 1.165) is 12.8 Å². The van der Waals surface area contributed by atoms with Gasteiger partial charge in [0.25, 0.3) is 5.91 Å². The lowest BCUT2D eigenvalue weighted by atomic mass is 10.2. The lowest BCUT2D eigenvalue weighted by Gasteiger charge is -2.18. The number of hydrogen-bond acceptors (Lipinski definition) is 2. The Kier molecular flexibility index (Phi) is 4.94. The van der Waals surface area contributed by atoms with Crippen LogP contribution in [0.4, 0.5) is 0 Å². The van der Waals surface area contributed by atoms with Gasteiger partial charge in [-0.3, -0.25) is 4.79 Å². The molecule has 2 rings (SSSR count). The first-order valence-corrected chi connectivity index (χ1v) is 7.24. The molecule has 104 valence electrons. The number of amides is 1. The second-order valence-corrected chi connectivity index (χ2v) is 5.64. The van der Waals surface area contributed by atoms with Crippen LogP contribution in [0, 0.1) is 0 Å². The van der Waals surface area contributed by atoms with E-state index in [0.29, 0.717) is 21.8 Å². The average molecular weight is 302 g/mol. The second-order valence-electron chi connectivity index (χ2n) is 4.83. The highest BCUT2D eigenvalue weighted by Crippen LogP contribution is 2.27. The summed E-state index contributed by atoms with van der Waals surface area (Å²) in [6.45, 7) is 1.73. The minimum atomic E-state index is -0.544. The van der Waals surface area contributed by atoms with Crippen LogP contribution < -0.4 is 10.1 Å². The van der Waals surface area contributed by atoms with Crippen LogP contribution in [-0.4, -0.2) is 18.1 Å². The third-order valence-electron chi connectivity index (χ3n) is 3.27.